The van der Waals surface area contributed by atoms with Gasteiger partial charge >= 0.3 is 5.97 Å². The minimum atomic E-state index is -0.564. The maximum absolute atomic E-state index is 11.9. The number of halogens is 1. The highest BCUT2D eigenvalue weighted by Gasteiger charge is 2.24. The van der Waals surface area contributed by atoms with E-state index in [1.54, 1.807) is 13.2 Å². The predicted octanol–water partition coefficient (Wildman–Crippen LogP) is 2.57. The van der Waals surface area contributed by atoms with Crippen LogP contribution in [0.25, 0.3) is 0 Å². The number of carbonyl (C=O) groups excluding carboxylic acids is 1. The number of esters is 1. The van der Waals surface area contributed by atoms with Gasteiger partial charge in [0.2, 0.25) is 0 Å². The van der Waals surface area contributed by atoms with Crippen LogP contribution in [-0.4, -0.2) is 32.8 Å². The third kappa shape index (κ3) is 4.82. The molecule has 4 nitrogen and oxygen atoms in total. The van der Waals surface area contributed by atoms with Crippen LogP contribution in [0.5, 0.6) is 0 Å². The van der Waals surface area contributed by atoms with Crippen molar-refractivity contribution in [1.82, 2.24) is 5.32 Å². The largest absolute Gasteiger partial charge is 0.468 e. The molecule has 0 saturated heterocycles. The van der Waals surface area contributed by atoms with Crippen molar-refractivity contribution in [1.29, 1.82) is 0 Å². The zero-order chi connectivity index (χ0) is 14.3. The summed E-state index contributed by atoms with van der Waals surface area (Å²) in [6.07, 6.45) is 0.800. The molecule has 0 radical (unpaired) electrons. The van der Waals surface area contributed by atoms with Crippen LogP contribution in [0.3, 0.4) is 0 Å². The van der Waals surface area contributed by atoms with E-state index in [9.17, 15) is 4.79 Å². The molecule has 0 amide bonds. The van der Waals surface area contributed by atoms with Crippen molar-refractivity contribution in [2.75, 3.05) is 20.8 Å². The summed E-state index contributed by atoms with van der Waals surface area (Å²) in [5.41, 5.74) is 0.722. The van der Waals surface area contributed by atoms with Gasteiger partial charge in [-0.25, -0.2) is 4.79 Å². The molecule has 1 aromatic carbocycles. The van der Waals surface area contributed by atoms with Crippen molar-refractivity contribution >= 4 is 17.6 Å². The lowest BCUT2D eigenvalue weighted by Gasteiger charge is -2.22. The van der Waals surface area contributed by atoms with E-state index in [-0.39, 0.29) is 12.0 Å². The maximum Gasteiger partial charge on any atom is 0.327 e. The Hall–Kier alpha value is -1.10. The minimum absolute atomic E-state index is 0.111. The molecule has 106 valence electrons. The molecule has 0 aliphatic heterocycles. The highest BCUT2D eigenvalue weighted by Crippen LogP contribution is 2.24. The van der Waals surface area contributed by atoms with Gasteiger partial charge in [-0.15, -0.1) is 0 Å². The molecule has 1 rings (SSSR count). The summed E-state index contributed by atoms with van der Waals surface area (Å²) < 4.78 is 9.86. The first-order chi connectivity index (χ1) is 9.10. The smallest absolute Gasteiger partial charge is 0.327 e. The van der Waals surface area contributed by atoms with Crippen LogP contribution in [-0.2, 0) is 14.3 Å². The average molecular weight is 286 g/mol. The quantitative estimate of drug-likeness (QED) is 0.782. The fraction of sp³-hybridized carbons (Fsp3) is 0.500. The van der Waals surface area contributed by atoms with Crippen molar-refractivity contribution in [3.63, 3.8) is 0 Å². The molecule has 0 heterocycles. The highest BCUT2D eigenvalue weighted by molar-refractivity contribution is 6.31. The standard InChI is InChI=1S/C14H20ClNO3/c1-10(8-9-18-2)16-13(14(17)19-3)11-6-4-5-7-12(11)15/h4-7,10,13,16H,8-9H2,1-3H3/t10-,13+/m1/s1. The zero-order valence-corrected chi connectivity index (χ0v) is 12.2. The molecule has 0 aliphatic carbocycles. The molecule has 1 aromatic rings. The van der Waals surface area contributed by atoms with Crippen LogP contribution in [0.15, 0.2) is 24.3 Å². The molecule has 0 unspecified atom stereocenters. The van der Waals surface area contributed by atoms with Gasteiger partial charge in [0.05, 0.1) is 7.11 Å². The molecule has 5 heteroatoms. The Balaban J connectivity index is 2.84. The molecule has 19 heavy (non-hydrogen) atoms. The number of rotatable bonds is 7. The minimum Gasteiger partial charge on any atom is -0.468 e. The Morgan fingerprint density at radius 2 is 2.05 bits per heavy atom. The summed E-state index contributed by atoms with van der Waals surface area (Å²) >= 11 is 6.14. The number of benzene rings is 1. The van der Waals surface area contributed by atoms with Crippen LogP contribution < -0.4 is 5.32 Å². The SMILES string of the molecule is COCC[C@@H](C)N[C@H](C(=O)OC)c1ccccc1Cl. The maximum atomic E-state index is 11.9. The Kier molecular flexibility index (Phi) is 6.84. The molecule has 0 fully saturated rings. The number of nitrogens with one attached hydrogen (secondary N) is 1. The topological polar surface area (TPSA) is 47.6 Å². The van der Waals surface area contributed by atoms with Crippen molar-refractivity contribution in [3.8, 4) is 0 Å². The van der Waals surface area contributed by atoms with Gasteiger partial charge < -0.3 is 9.47 Å². The van der Waals surface area contributed by atoms with Crippen molar-refractivity contribution < 1.29 is 14.3 Å². The van der Waals surface area contributed by atoms with Gasteiger partial charge in [0.25, 0.3) is 0 Å². The van der Waals surface area contributed by atoms with Crippen molar-refractivity contribution in [2.45, 2.75) is 25.4 Å². The Bertz CT molecular complexity index is 411. The Labute approximate surface area is 119 Å². The van der Waals surface area contributed by atoms with Gasteiger partial charge in [0.15, 0.2) is 0 Å². The lowest BCUT2D eigenvalue weighted by molar-refractivity contribution is -0.143. The van der Waals surface area contributed by atoms with Crippen molar-refractivity contribution in [2.24, 2.45) is 0 Å². The molecular formula is C14H20ClNO3. The van der Waals surface area contributed by atoms with E-state index in [0.29, 0.717) is 11.6 Å². The van der Waals surface area contributed by atoms with Crippen LogP contribution in [0.2, 0.25) is 5.02 Å². The second kappa shape index (κ2) is 8.15. The zero-order valence-electron chi connectivity index (χ0n) is 11.5. The highest BCUT2D eigenvalue weighted by atomic mass is 35.5. The molecule has 0 aromatic heterocycles. The molecule has 2 atom stereocenters. The molecule has 0 aliphatic rings. The second-order valence-electron chi connectivity index (χ2n) is 4.33. The van der Waals surface area contributed by atoms with E-state index < -0.39 is 6.04 Å². The van der Waals surface area contributed by atoms with E-state index in [2.05, 4.69) is 5.32 Å². The summed E-state index contributed by atoms with van der Waals surface area (Å²) in [6, 6.07) is 6.80. The first-order valence-electron chi connectivity index (χ1n) is 6.17. The molecule has 0 saturated carbocycles. The van der Waals surface area contributed by atoms with E-state index >= 15 is 0 Å². The van der Waals surface area contributed by atoms with Crippen molar-refractivity contribution in [3.05, 3.63) is 34.9 Å². The summed E-state index contributed by atoms with van der Waals surface area (Å²) in [5.74, 6) is -0.350. The Morgan fingerprint density at radius 1 is 1.37 bits per heavy atom. The number of methoxy groups -OCH3 is 2. The summed E-state index contributed by atoms with van der Waals surface area (Å²) in [5, 5.41) is 3.77. The number of carbonyl (C=O) groups is 1. The molecule has 1 N–H and O–H groups in total. The third-order valence-electron chi connectivity index (χ3n) is 2.86. The van der Waals surface area contributed by atoms with Crippen LogP contribution in [0.4, 0.5) is 0 Å². The van der Waals surface area contributed by atoms with Gasteiger partial charge in [0, 0.05) is 24.8 Å². The first-order valence-corrected chi connectivity index (χ1v) is 6.55. The van der Waals surface area contributed by atoms with E-state index in [0.717, 1.165) is 12.0 Å². The molecule has 0 spiro atoms. The van der Waals surface area contributed by atoms with Gasteiger partial charge in [0.1, 0.15) is 6.04 Å². The van der Waals surface area contributed by atoms with E-state index in [4.69, 9.17) is 21.1 Å². The van der Waals surface area contributed by atoms with Gasteiger partial charge in [-0.2, -0.15) is 0 Å². The van der Waals surface area contributed by atoms with E-state index in [1.165, 1.54) is 7.11 Å². The average Bonchev–Trinajstić information content (AvgIpc) is 2.42. The fourth-order valence-electron chi connectivity index (χ4n) is 1.77. The summed E-state index contributed by atoms with van der Waals surface area (Å²) in [4.78, 5) is 11.9. The number of hydrogen-bond donors (Lipinski definition) is 1. The number of ether oxygens (including phenoxy) is 2. The van der Waals surface area contributed by atoms with Gasteiger partial charge in [-0.05, 0) is 25.0 Å². The summed E-state index contributed by atoms with van der Waals surface area (Å²) in [6.45, 7) is 2.62. The first kappa shape index (κ1) is 16.0. The fourth-order valence-corrected chi connectivity index (χ4v) is 2.02. The molecular weight excluding hydrogens is 266 g/mol. The predicted molar refractivity (Wildman–Crippen MR) is 75.3 cm³/mol. The number of hydrogen-bond acceptors (Lipinski definition) is 4. The second-order valence-corrected chi connectivity index (χ2v) is 4.73. The van der Waals surface area contributed by atoms with Crippen LogP contribution in [0.1, 0.15) is 24.9 Å². The third-order valence-corrected chi connectivity index (χ3v) is 3.20. The van der Waals surface area contributed by atoms with Crippen LogP contribution >= 0.6 is 11.6 Å². The van der Waals surface area contributed by atoms with Crippen LogP contribution in [0, 0.1) is 0 Å². The lowest BCUT2D eigenvalue weighted by atomic mass is 10.1. The molecule has 0 bridgehead atoms. The normalized spacial score (nSPS) is 13.9. The monoisotopic (exact) mass is 285 g/mol. The van der Waals surface area contributed by atoms with E-state index in [1.807, 2.05) is 25.1 Å². The Morgan fingerprint density at radius 3 is 2.63 bits per heavy atom. The van der Waals surface area contributed by atoms with Gasteiger partial charge in [-0.1, -0.05) is 29.8 Å². The van der Waals surface area contributed by atoms with Gasteiger partial charge in [-0.3, -0.25) is 5.32 Å². The lowest BCUT2D eigenvalue weighted by Crippen LogP contribution is -2.36. The summed E-state index contributed by atoms with van der Waals surface area (Å²) in [7, 11) is 3.02.